The molecule has 1 amide bonds. The maximum atomic E-state index is 13.4. The van der Waals surface area contributed by atoms with E-state index in [0.29, 0.717) is 18.4 Å². The second kappa shape index (κ2) is 7.74. The molecule has 3 aromatic rings. The van der Waals surface area contributed by atoms with Crippen molar-refractivity contribution >= 4 is 35.0 Å². The topological polar surface area (TPSA) is 70.5 Å². The van der Waals surface area contributed by atoms with Crippen molar-refractivity contribution in [2.75, 3.05) is 6.54 Å². The summed E-state index contributed by atoms with van der Waals surface area (Å²) in [5, 5.41) is 0.784. The van der Waals surface area contributed by atoms with Gasteiger partial charge in [0.05, 0.1) is 21.4 Å². The standard InChI is InChI=1S/C20H20FN2O3PS/c21-16-8-9-18-17(12-16)22-20(28-18)15-7-4-10-23(19(24)11-15)27(25,26)13-14-5-2-1-3-6-14/h1-3,5-6,8-9,12,15H,4,7,10-11,13H2,(H,25,26). The SMILES string of the molecule is O=C1CC(c2nc3cc(F)ccc3s2)CCCN1P(=O)(O)Cc1ccccc1. The lowest BCUT2D eigenvalue weighted by atomic mass is 10.0. The fourth-order valence-electron chi connectivity index (χ4n) is 3.57. The van der Waals surface area contributed by atoms with Gasteiger partial charge in [0.25, 0.3) is 7.52 Å². The molecule has 1 saturated heterocycles. The Morgan fingerprint density at radius 2 is 2.04 bits per heavy atom. The largest absolute Gasteiger partial charge is 0.329 e. The Morgan fingerprint density at radius 3 is 2.82 bits per heavy atom. The molecule has 0 bridgehead atoms. The number of thiazole rings is 1. The van der Waals surface area contributed by atoms with Gasteiger partial charge >= 0.3 is 0 Å². The first-order valence-corrected chi connectivity index (χ1v) is 11.8. The first-order valence-electron chi connectivity index (χ1n) is 9.15. The number of carbonyl (C=O) groups is 1. The van der Waals surface area contributed by atoms with E-state index in [4.69, 9.17) is 0 Å². The highest BCUT2D eigenvalue weighted by Gasteiger charge is 2.36. The summed E-state index contributed by atoms with van der Waals surface area (Å²) in [7, 11) is -3.81. The molecule has 0 radical (unpaired) electrons. The number of rotatable bonds is 4. The zero-order chi connectivity index (χ0) is 19.7. The van der Waals surface area contributed by atoms with Crippen LogP contribution in [0, 0.1) is 5.82 Å². The summed E-state index contributed by atoms with van der Waals surface area (Å²) in [4.78, 5) is 27.9. The van der Waals surface area contributed by atoms with Gasteiger partial charge in [-0.05, 0) is 30.5 Å². The zero-order valence-electron chi connectivity index (χ0n) is 15.1. The van der Waals surface area contributed by atoms with Crippen LogP contribution in [-0.4, -0.2) is 27.0 Å². The predicted molar refractivity (Wildman–Crippen MR) is 108 cm³/mol. The van der Waals surface area contributed by atoms with Gasteiger partial charge in [0, 0.05) is 24.9 Å². The van der Waals surface area contributed by atoms with Crippen molar-refractivity contribution in [2.24, 2.45) is 0 Å². The van der Waals surface area contributed by atoms with E-state index in [2.05, 4.69) is 4.98 Å². The molecule has 2 unspecified atom stereocenters. The first-order chi connectivity index (χ1) is 13.4. The maximum absolute atomic E-state index is 13.4. The minimum Gasteiger partial charge on any atom is -0.329 e. The molecule has 146 valence electrons. The van der Waals surface area contributed by atoms with Gasteiger partial charge in [-0.2, -0.15) is 0 Å². The summed E-state index contributed by atoms with van der Waals surface area (Å²) < 4.78 is 28.4. The lowest BCUT2D eigenvalue weighted by Gasteiger charge is -2.26. The van der Waals surface area contributed by atoms with Gasteiger partial charge in [0.1, 0.15) is 5.82 Å². The molecule has 2 aromatic carbocycles. The van der Waals surface area contributed by atoms with Crippen molar-refractivity contribution in [3.8, 4) is 0 Å². The Balaban J connectivity index is 1.53. The van der Waals surface area contributed by atoms with E-state index in [9.17, 15) is 18.6 Å². The second-order valence-corrected chi connectivity index (χ2v) is 10.2. The van der Waals surface area contributed by atoms with Crippen LogP contribution in [-0.2, 0) is 15.5 Å². The molecule has 0 spiro atoms. The first kappa shape index (κ1) is 19.2. The van der Waals surface area contributed by atoms with Crippen LogP contribution in [0.2, 0.25) is 0 Å². The average molecular weight is 418 g/mol. The quantitative estimate of drug-likeness (QED) is 0.611. The number of benzene rings is 2. The number of aromatic nitrogens is 1. The van der Waals surface area contributed by atoms with Crippen LogP contribution in [0.3, 0.4) is 0 Å². The number of nitrogens with zero attached hydrogens (tertiary/aromatic N) is 2. The van der Waals surface area contributed by atoms with Gasteiger partial charge in [0.2, 0.25) is 5.91 Å². The molecule has 28 heavy (non-hydrogen) atoms. The number of hydrogen-bond acceptors (Lipinski definition) is 4. The fourth-order valence-corrected chi connectivity index (χ4v) is 6.40. The molecule has 1 N–H and O–H groups in total. The molecule has 5 nitrogen and oxygen atoms in total. The summed E-state index contributed by atoms with van der Waals surface area (Å²) in [6.07, 6.45) is 1.42. The highest BCUT2D eigenvalue weighted by atomic mass is 32.1. The Hall–Kier alpha value is -2.08. The molecule has 0 aliphatic carbocycles. The fraction of sp³-hybridized carbons (Fsp3) is 0.300. The number of fused-ring (bicyclic) bond motifs is 1. The van der Waals surface area contributed by atoms with E-state index in [-0.39, 0.29) is 36.8 Å². The Labute approximate surface area is 166 Å². The van der Waals surface area contributed by atoms with Gasteiger partial charge in [-0.1, -0.05) is 30.3 Å². The molecular formula is C20H20FN2O3PS. The monoisotopic (exact) mass is 418 g/mol. The van der Waals surface area contributed by atoms with E-state index >= 15 is 0 Å². The summed E-state index contributed by atoms with van der Waals surface area (Å²) in [6.45, 7) is 0.259. The number of carbonyl (C=O) groups excluding carboxylic acids is 1. The third-order valence-corrected chi connectivity index (χ3v) is 8.11. The van der Waals surface area contributed by atoms with Crippen LogP contribution in [0.4, 0.5) is 4.39 Å². The molecule has 1 aromatic heterocycles. The molecule has 4 rings (SSSR count). The molecule has 2 heterocycles. The molecular weight excluding hydrogens is 398 g/mol. The maximum Gasteiger partial charge on any atom is 0.300 e. The lowest BCUT2D eigenvalue weighted by Crippen LogP contribution is -2.28. The van der Waals surface area contributed by atoms with E-state index in [0.717, 1.165) is 19.9 Å². The second-order valence-electron chi connectivity index (χ2n) is 7.03. The van der Waals surface area contributed by atoms with Gasteiger partial charge in [0.15, 0.2) is 0 Å². The number of hydrogen-bond donors (Lipinski definition) is 1. The zero-order valence-corrected chi connectivity index (χ0v) is 16.8. The van der Waals surface area contributed by atoms with E-state index < -0.39 is 7.52 Å². The molecule has 0 saturated carbocycles. The van der Waals surface area contributed by atoms with Crippen molar-refractivity contribution in [3.05, 3.63) is 64.9 Å². The minimum atomic E-state index is -3.81. The summed E-state index contributed by atoms with van der Waals surface area (Å²) >= 11 is 1.46. The summed E-state index contributed by atoms with van der Waals surface area (Å²) in [5.41, 5.74) is 1.32. The molecule has 1 aliphatic heterocycles. The smallest absolute Gasteiger partial charge is 0.300 e. The van der Waals surface area contributed by atoms with E-state index in [1.807, 2.05) is 18.2 Å². The van der Waals surface area contributed by atoms with Crippen LogP contribution in [0.1, 0.15) is 35.8 Å². The number of amides is 1. The van der Waals surface area contributed by atoms with Crippen molar-refractivity contribution in [2.45, 2.75) is 31.3 Å². The van der Waals surface area contributed by atoms with Gasteiger partial charge in [-0.25, -0.2) is 9.37 Å². The Kier molecular flexibility index (Phi) is 5.32. The van der Waals surface area contributed by atoms with Crippen molar-refractivity contribution in [3.63, 3.8) is 0 Å². The molecule has 1 aliphatic rings. The summed E-state index contributed by atoms with van der Waals surface area (Å²) in [6, 6.07) is 13.5. The molecule has 2 atom stereocenters. The predicted octanol–water partition coefficient (Wildman–Crippen LogP) is 4.92. The van der Waals surface area contributed by atoms with Crippen LogP contribution in [0.15, 0.2) is 48.5 Å². The minimum absolute atomic E-state index is 0.0509. The Morgan fingerprint density at radius 1 is 1.25 bits per heavy atom. The van der Waals surface area contributed by atoms with Gasteiger partial charge in [-0.15, -0.1) is 11.3 Å². The van der Waals surface area contributed by atoms with E-state index in [1.54, 1.807) is 18.2 Å². The third-order valence-electron chi connectivity index (χ3n) is 4.96. The summed E-state index contributed by atoms with van der Waals surface area (Å²) in [5.74, 6) is -0.779. The van der Waals surface area contributed by atoms with Crippen LogP contribution in [0.5, 0.6) is 0 Å². The highest BCUT2D eigenvalue weighted by Crippen LogP contribution is 2.50. The van der Waals surface area contributed by atoms with Crippen LogP contribution in [0.25, 0.3) is 10.2 Å². The van der Waals surface area contributed by atoms with Crippen LogP contribution < -0.4 is 0 Å². The highest BCUT2D eigenvalue weighted by molar-refractivity contribution is 7.55. The average Bonchev–Trinajstić information content (AvgIpc) is 2.96. The molecule has 1 fully saturated rings. The van der Waals surface area contributed by atoms with Crippen molar-refractivity contribution in [1.82, 2.24) is 9.65 Å². The van der Waals surface area contributed by atoms with Crippen molar-refractivity contribution in [1.29, 1.82) is 0 Å². The van der Waals surface area contributed by atoms with Gasteiger partial charge < -0.3 is 4.89 Å². The van der Waals surface area contributed by atoms with E-state index in [1.165, 1.54) is 23.5 Å². The van der Waals surface area contributed by atoms with Crippen molar-refractivity contribution < 1.29 is 18.6 Å². The lowest BCUT2D eigenvalue weighted by molar-refractivity contribution is -0.126. The van der Waals surface area contributed by atoms with Crippen LogP contribution >= 0.6 is 18.9 Å². The molecule has 8 heteroatoms. The third kappa shape index (κ3) is 4.02. The number of halogens is 1. The normalized spacial score (nSPS) is 20.1. The Bertz CT molecular complexity index is 1060. The van der Waals surface area contributed by atoms with Gasteiger partial charge in [-0.3, -0.25) is 14.0 Å².